The highest BCUT2D eigenvalue weighted by Crippen LogP contribution is 2.29. The average Bonchev–Trinajstić information content (AvgIpc) is 2.41. The van der Waals surface area contributed by atoms with Crippen LogP contribution in [0, 0.1) is 0 Å². The number of amides is 2. The third kappa shape index (κ3) is 5.23. The Kier molecular flexibility index (Phi) is 5.73. The molecule has 0 radical (unpaired) electrons. The first kappa shape index (κ1) is 17.7. The summed E-state index contributed by atoms with van der Waals surface area (Å²) in [6.45, 7) is 3.62. The molecule has 0 unspecified atom stereocenters. The monoisotopic (exact) mass is 314 g/mol. The molecule has 0 aliphatic heterocycles. The quantitative estimate of drug-likeness (QED) is 0.820. The number of halogens is 3. The van der Waals surface area contributed by atoms with E-state index in [9.17, 15) is 22.8 Å². The van der Waals surface area contributed by atoms with Gasteiger partial charge < -0.3 is 11.1 Å². The van der Waals surface area contributed by atoms with Crippen molar-refractivity contribution in [2.75, 3.05) is 0 Å². The Morgan fingerprint density at radius 3 is 2.45 bits per heavy atom. The van der Waals surface area contributed by atoms with Crippen molar-refractivity contribution >= 4 is 11.8 Å². The van der Waals surface area contributed by atoms with Gasteiger partial charge in [0.2, 0.25) is 5.91 Å². The van der Waals surface area contributed by atoms with Crippen LogP contribution < -0.4 is 11.1 Å². The Balaban J connectivity index is 2.91. The molecule has 4 nitrogen and oxygen atoms in total. The number of carbonyl (C=O) groups excluding carboxylic acids is 2. The zero-order chi connectivity index (χ0) is 16.9. The Labute approximate surface area is 126 Å². The Bertz CT molecular complexity index is 591. The molecular weight excluding hydrogens is 297 g/mol. The minimum absolute atomic E-state index is 0.182. The molecule has 1 rings (SSSR count). The van der Waals surface area contributed by atoms with E-state index < -0.39 is 29.6 Å². The van der Waals surface area contributed by atoms with Crippen LogP contribution in [0.2, 0.25) is 0 Å². The van der Waals surface area contributed by atoms with Gasteiger partial charge in [0.1, 0.15) is 6.04 Å². The molecule has 0 saturated heterocycles. The fourth-order valence-corrected chi connectivity index (χ4v) is 1.68. The van der Waals surface area contributed by atoms with Gasteiger partial charge in [0.25, 0.3) is 5.91 Å². The van der Waals surface area contributed by atoms with E-state index >= 15 is 0 Å². The molecule has 0 saturated carbocycles. The second-order valence-corrected chi connectivity index (χ2v) is 5.02. The predicted molar refractivity (Wildman–Crippen MR) is 75.9 cm³/mol. The molecule has 0 heterocycles. The molecule has 0 aliphatic carbocycles. The molecule has 1 atom stereocenters. The van der Waals surface area contributed by atoms with Crippen LogP contribution in [-0.2, 0) is 11.0 Å². The lowest BCUT2D eigenvalue weighted by molar-refractivity contribution is -0.137. The first-order valence-electron chi connectivity index (χ1n) is 6.52. The van der Waals surface area contributed by atoms with Crippen LogP contribution in [0.25, 0.3) is 0 Å². The van der Waals surface area contributed by atoms with E-state index in [1.165, 1.54) is 6.07 Å². The summed E-state index contributed by atoms with van der Waals surface area (Å²) >= 11 is 0. The Morgan fingerprint density at radius 2 is 1.95 bits per heavy atom. The maximum absolute atomic E-state index is 12.6. The number of alkyl halides is 3. The maximum Gasteiger partial charge on any atom is 0.416 e. The standard InChI is InChI=1S/C15H17F3N2O2/c1-9(2)6-7-12(13(19)21)20-14(22)10-4-3-5-11(8-10)15(16,17)18/h3-6,8,12H,7H2,1-2H3,(H2,19,21)(H,20,22)/t12-/m0/s1. The third-order valence-corrected chi connectivity index (χ3v) is 2.86. The van der Waals surface area contributed by atoms with Crippen molar-refractivity contribution in [1.29, 1.82) is 0 Å². The third-order valence-electron chi connectivity index (χ3n) is 2.86. The largest absolute Gasteiger partial charge is 0.416 e. The molecular formula is C15H17F3N2O2. The van der Waals surface area contributed by atoms with E-state index in [0.29, 0.717) is 0 Å². The average molecular weight is 314 g/mol. The van der Waals surface area contributed by atoms with Crippen molar-refractivity contribution in [2.24, 2.45) is 5.73 Å². The second-order valence-electron chi connectivity index (χ2n) is 5.02. The maximum atomic E-state index is 12.6. The van der Waals surface area contributed by atoms with Gasteiger partial charge in [-0.05, 0) is 38.5 Å². The zero-order valence-electron chi connectivity index (χ0n) is 12.2. The fraction of sp³-hybridized carbons (Fsp3) is 0.333. The number of hydrogen-bond acceptors (Lipinski definition) is 2. The van der Waals surface area contributed by atoms with E-state index in [1.807, 2.05) is 13.8 Å². The second kappa shape index (κ2) is 7.11. The molecule has 120 valence electrons. The summed E-state index contributed by atoms with van der Waals surface area (Å²) in [7, 11) is 0. The molecule has 0 aromatic heterocycles. The number of nitrogens with one attached hydrogen (secondary N) is 1. The van der Waals surface area contributed by atoms with Gasteiger partial charge in [0.15, 0.2) is 0 Å². The molecule has 22 heavy (non-hydrogen) atoms. The zero-order valence-corrected chi connectivity index (χ0v) is 12.2. The number of nitrogens with two attached hydrogens (primary N) is 1. The minimum atomic E-state index is -4.54. The van der Waals surface area contributed by atoms with Crippen LogP contribution in [0.1, 0.15) is 36.2 Å². The molecule has 3 N–H and O–H groups in total. The van der Waals surface area contributed by atoms with Crippen LogP contribution >= 0.6 is 0 Å². The van der Waals surface area contributed by atoms with Crippen molar-refractivity contribution in [3.63, 3.8) is 0 Å². The van der Waals surface area contributed by atoms with Gasteiger partial charge in [-0.25, -0.2) is 0 Å². The smallest absolute Gasteiger partial charge is 0.368 e. The van der Waals surface area contributed by atoms with Gasteiger partial charge in [-0.3, -0.25) is 9.59 Å². The highest BCUT2D eigenvalue weighted by molar-refractivity contribution is 5.97. The van der Waals surface area contributed by atoms with Gasteiger partial charge >= 0.3 is 6.18 Å². The van der Waals surface area contributed by atoms with Crippen LogP contribution in [0.15, 0.2) is 35.9 Å². The fourth-order valence-electron chi connectivity index (χ4n) is 1.68. The first-order chi connectivity index (χ1) is 10.1. The van der Waals surface area contributed by atoms with Gasteiger partial charge in [0.05, 0.1) is 5.56 Å². The normalized spacial score (nSPS) is 12.4. The molecule has 0 fully saturated rings. The number of carbonyl (C=O) groups is 2. The van der Waals surface area contributed by atoms with E-state index in [0.717, 1.165) is 23.8 Å². The SMILES string of the molecule is CC(C)=CC[C@H](NC(=O)c1cccc(C(F)(F)F)c1)C(N)=O. The minimum Gasteiger partial charge on any atom is -0.368 e. The number of rotatable bonds is 5. The molecule has 0 aliphatic rings. The predicted octanol–water partition coefficient (Wildman–Crippen LogP) is 2.65. The number of benzene rings is 1. The first-order valence-corrected chi connectivity index (χ1v) is 6.52. The topological polar surface area (TPSA) is 72.2 Å². The van der Waals surface area contributed by atoms with Crippen LogP contribution in [0.3, 0.4) is 0 Å². The summed E-state index contributed by atoms with van der Waals surface area (Å²) in [6, 6.07) is 2.99. The van der Waals surface area contributed by atoms with E-state index in [4.69, 9.17) is 5.73 Å². The van der Waals surface area contributed by atoms with Gasteiger partial charge in [-0.2, -0.15) is 13.2 Å². The van der Waals surface area contributed by atoms with Crippen LogP contribution in [0.4, 0.5) is 13.2 Å². The lowest BCUT2D eigenvalue weighted by Crippen LogP contribution is -2.44. The van der Waals surface area contributed by atoms with Crippen molar-refractivity contribution in [3.8, 4) is 0 Å². The van der Waals surface area contributed by atoms with E-state index in [-0.39, 0.29) is 12.0 Å². The van der Waals surface area contributed by atoms with Crippen molar-refractivity contribution < 1.29 is 22.8 Å². The number of hydrogen-bond donors (Lipinski definition) is 2. The lowest BCUT2D eigenvalue weighted by atomic mass is 10.1. The van der Waals surface area contributed by atoms with Crippen LogP contribution in [0.5, 0.6) is 0 Å². The molecule has 1 aromatic carbocycles. The highest BCUT2D eigenvalue weighted by Gasteiger charge is 2.31. The van der Waals surface area contributed by atoms with Gasteiger partial charge in [0, 0.05) is 5.56 Å². The molecule has 7 heteroatoms. The Hall–Kier alpha value is -2.31. The van der Waals surface area contributed by atoms with Crippen molar-refractivity contribution in [2.45, 2.75) is 32.5 Å². The molecule has 1 aromatic rings. The summed E-state index contributed by atoms with van der Waals surface area (Å²) in [4.78, 5) is 23.3. The Morgan fingerprint density at radius 1 is 1.32 bits per heavy atom. The highest BCUT2D eigenvalue weighted by atomic mass is 19.4. The summed E-state index contributed by atoms with van der Waals surface area (Å²) < 4.78 is 37.9. The number of allylic oxidation sites excluding steroid dienone is 1. The summed E-state index contributed by atoms with van der Waals surface area (Å²) in [6.07, 6.45) is -2.65. The number of primary amides is 1. The van der Waals surface area contributed by atoms with Gasteiger partial charge in [-0.1, -0.05) is 17.7 Å². The molecule has 0 bridgehead atoms. The van der Waals surface area contributed by atoms with E-state index in [2.05, 4.69) is 5.32 Å². The summed E-state index contributed by atoms with van der Waals surface area (Å²) in [5.41, 5.74) is 5.00. The summed E-state index contributed by atoms with van der Waals surface area (Å²) in [5.74, 6) is -1.53. The van der Waals surface area contributed by atoms with Gasteiger partial charge in [-0.15, -0.1) is 0 Å². The molecule has 2 amide bonds. The molecule has 0 spiro atoms. The summed E-state index contributed by atoms with van der Waals surface area (Å²) in [5, 5.41) is 2.34. The lowest BCUT2D eigenvalue weighted by Gasteiger charge is -2.15. The van der Waals surface area contributed by atoms with E-state index in [1.54, 1.807) is 6.08 Å². The van der Waals surface area contributed by atoms with Crippen molar-refractivity contribution in [3.05, 3.63) is 47.0 Å². The van der Waals surface area contributed by atoms with Crippen LogP contribution in [-0.4, -0.2) is 17.9 Å². The van der Waals surface area contributed by atoms with Crippen molar-refractivity contribution in [1.82, 2.24) is 5.32 Å².